The third-order valence-corrected chi connectivity index (χ3v) is 3.16. The van der Waals surface area contributed by atoms with E-state index in [0.717, 1.165) is 11.3 Å². The molecule has 0 saturated heterocycles. The van der Waals surface area contributed by atoms with E-state index < -0.39 is 0 Å². The van der Waals surface area contributed by atoms with Crippen LogP contribution >= 0.6 is 0 Å². The standard InChI is InChI=1S/C16H20N4O/c1-4-9-17-16(21)13-5-7-15(8-6-13)19-12(2)14-10-18-20(3)11-14/h4-8,10-12,19H,1,9H2,2-3H3,(H,17,21). The predicted octanol–water partition coefficient (Wildman–Crippen LogP) is 2.51. The molecule has 0 saturated carbocycles. The van der Waals surface area contributed by atoms with Crippen LogP contribution in [0.15, 0.2) is 49.3 Å². The molecule has 1 atom stereocenters. The van der Waals surface area contributed by atoms with Crippen molar-refractivity contribution in [3.8, 4) is 0 Å². The fourth-order valence-corrected chi connectivity index (χ4v) is 1.98. The number of hydrogen-bond donors (Lipinski definition) is 2. The summed E-state index contributed by atoms with van der Waals surface area (Å²) >= 11 is 0. The van der Waals surface area contributed by atoms with Crippen LogP contribution in [0.5, 0.6) is 0 Å². The number of aromatic nitrogens is 2. The summed E-state index contributed by atoms with van der Waals surface area (Å²) in [7, 11) is 1.90. The van der Waals surface area contributed by atoms with E-state index in [1.54, 1.807) is 22.9 Å². The van der Waals surface area contributed by atoms with E-state index in [1.807, 2.05) is 31.6 Å². The van der Waals surface area contributed by atoms with Gasteiger partial charge in [0.15, 0.2) is 0 Å². The fourth-order valence-electron chi connectivity index (χ4n) is 1.98. The van der Waals surface area contributed by atoms with Crippen LogP contribution in [-0.2, 0) is 7.05 Å². The van der Waals surface area contributed by atoms with Crippen molar-refractivity contribution < 1.29 is 4.79 Å². The average Bonchev–Trinajstić information content (AvgIpc) is 2.92. The SMILES string of the molecule is C=CCNC(=O)c1ccc(NC(C)c2cnn(C)c2)cc1. The van der Waals surface area contributed by atoms with Crippen molar-refractivity contribution in [1.29, 1.82) is 0 Å². The highest BCUT2D eigenvalue weighted by Gasteiger charge is 2.08. The summed E-state index contributed by atoms with van der Waals surface area (Å²) in [5.74, 6) is -0.0956. The molecule has 0 aliphatic heterocycles. The Bertz CT molecular complexity index is 615. The Hall–Kier alpha value is -2.56. The van der Waals surface area contributed by atoms with Gasteiger partial charge < -0.3 is 10.6 Å². The monoisotopic (exact) mass is 284 g/mol. The molecule has 1 aromatic heterocycles. The molecule has 0 aliphatic rings. The Labute approximate surface area is 124 Å². The maximum absolute atomic E-state index is 11.8. The van der Waals surface area contributed by atoms with Gasteiger partial charge in [0.1, 0.15) is 0 Å². The third-order valence-electron chi connectivity index (χ3n) is 3.16. The lowest BCUT2D eigenvalue weighted by atomic mass is 10.1. The number of anilines is 1. The Morgan fingerprint density at radius 3 is 2.71 bits per heavy atom. The van der Waals surface area contributed by atoms with Crippen LogP contribution in [0.3, 0.4) is 0 Å². The zero-order valence-corrected chi connectivity index (χ0v) is 12.3. The molecule has 1 amide bonds. The van der Waals surface area contributed by atoms with Gasteiger partial charge in [-0.2, -0.15) is 5.10 Å². The number of nitrogens with zero attached hydrogens (tertiary/aromatic N) is 2. The molecule has 5 nitrogen and oxygen atoms in total. The van der Waals surface area contributed by atoms with Crippen LogP contribution < -0.4 is 10.6 Å². The first-order valence-corrected chi connectivity index (χ1v) is 6.84. The molecule has 1 unspecified atom stereocenters. The number of hydrogen-bond acceptors (Lipinski definition) is 3. The summed E-state index contributed by atoms with van der Waals surface area (Å²) in [6, 6.07) is 7.55. The first-order chi connectivity index (χ1) is 10.1. The quantitative estimate of drug-likeness (QED) is 0.801. The smallest absolute Gasteiger partial charge is 0.251 e. The van der Waals surface area contributed by atoms with Crippen molar-refractivity contribution in [1.82, 2.24) is 15.1 Å². The van der Waals surface area contributed by atoms with E-state index in [4.69, 9.17) is 0 Å². The minimum absolute atomic E-state index is 0.0956. The molecular formula is C16H20N4O. The van der Waals surface area contributed by atoms with Crippen molar-refractivity contribution in [2.45, 2.75) is 13.0 Å². The summed E-state index contributed by atoms with van der Waals surface area (Å²) in [6.07, 6.45) is 5.48. The van der Waals surface area contributed by atoms with E-state index in [2.05, 4.69) is 29.2 Å². The number of benzene rings is 1. The Morgan fingerprint density at radius 1 is 1.43 bits per heavy atom. The second-order valence-corrected chi connectivity index (χ2v) is 4.89. The molecule has 2 aromatic rings. The number of carbonyl (C=O) groups is 1. The van der Waals surface area contributed by atoms with E-state index >= 15 is 0 Å². The molecule has 5 heteroatoms. The molecule has 0 aliphatic carbocycles. The zero-order chi connectivity index (χ0) is 15.2. The molecule has 2 rings (SSSR count). The second kappa shape index (κ2) is 6.74. The van der Waals surface area contributed by atoms with Crippen molar-refractivity contribution >= 4 is 11.6 Å². The largest absolute Gasteiger partial charge is 0.378 e. The van der Waals surface area contributed by atoms with Crippen molar-refractivity contribution in [3.05, 3.63) is 60.4 Å². The van der Waals surface area contributed by atoms with Gasteiger partial charge in [0.25, 0.3) is 5.91 Å². The van der Waals surface area contributed by atoms with E-state index in [1.165, 1.54) is 0 Å². The second-order valence-electron chi connectivity index (χ2n) is 4.89. The summed E-state index contributed by atoms with van der Waals surface area (Å²) < 4.78 is 1.78. The van der Waals surface area contributed by atoms with Crippen molar-refractivity contribution in [3.63, 3.8) is 0 Å². The van der Waals surface area contributed by atoms with E-state index in [-0.39, 0.29) is 11.9 Å². The molecule has 0 spiro atoms. The average molecular weight is 284 g/mol. The molecule has 2 N–H and O–H groups in total. The third kappa shape index (κ3) is 3.95. The van der Waals surface area contributed by atoms with Gasteiger partial charge in [0, 0.05) is 36.6 Å². The summed E-state index contributed by atoms with van der Waals surface area (Å²) in [5, 5.41) is 10.3. The number of carbonyl (C=O) groups excluding carboxylic acids is 1. The predicted molar refractivity (Wildman–Crippen MR) is 84.2 cm³/mol. The van der Waals surface area contributed by atoms with Crippen LogP contribution in [0.25, 0.3) is 0 Å². The van der Waals surface area contributed by atoms with Crippen LogP contribution in [0, 0.1) is 0 Å². The van der Waals surface area contributed by atoms with Gasteiger partial charge in [-0.25, -0.2) is 0 Å². The fraction of sp³-hybridized carbons (Fsp3) is 0.250. The summed E-state index contributed by atoms with van der Waals surface area (Å²) in [5.41, 5.74) is 2.72. The lowest BCUT2D eigenvalue weighted by Crippen LogP contribution is -2.23. The van der Waals surface area contributed by atoms with Gasteiger partial charge >= 0.3 is 0 Å². The Morgan fingerprint density at radius 2 is 2.14 bits per heavy atom. The van der Waals surface area contributed by atoms with Gasteiger partial charge in [-0.05, 0) is 31.2 Å². The highest BCUT2D eigenvalue weighted by molar-refractivity contribution is 5.94. The topological polar surface area (TPSA) is 59.0 Å². The normalized spacial score (nSPS) is 11.7. The molecule has 0 radical (unpaired) electrons. The first kappa shape index (κ1) is 14.8. The lowest BCUT2D eigenvalue weighted by Gasteiger charge is -2.14. The minimum Gasteiger partial charge on any atom is -0.378 e. The maximum atomic E-state index is 11.8. The molecule has 1 aromatic carbocycles. The zero-order valence-electron chi connectivity index (χ0n) is 12.3. The number of rotatable bonds is 6. The van der Waals surface area contributed by atoms with E-state index in [9.17, 15) is 4.79 Å². The van der Waals surface area contributed by atoms with Gasteiger partial charge in [0.05, 0.1) is 12.2 Å². The number of nitrogens with one attached hydrogen (secondary N) is 2. The summed E-state index contributed by atoms with van der Waals surface area (Å²) in [6.45, 7) is 6.11. The van der Waals surface area contributed by atoms with Crippen LogP contribution in [-0.4, -0.2) is 22.2 Å². The number of amides is 1. The maximum Gasteiger partial charge on any atom is 0.251 e. The molecule has 110 valence electrons. The highest BCUT2D eigenvalue weighted by atomic mass is 16.1. The van der Waals surface area contributed by atoms with Gasteiger partial charge in [0.2, 0.25) is 0 Å². The van der Waals surface area contributed by atoms with Crippen LogP contribution in [0.2, 0.25) is 0 Å². The minimum atomic E-state index is -0.0956. The van der Waals surface area contributed by atoms with Crippen LogP contribution in [0.4, 0.5) is 5.69 Å². The van der Waals surface area contributed by atoms with Crippen molar-refractivity contribution in [2.24, 2.45) is 7.05 Å². The van der Waals surface area contributed by atoms with Crippen LogP contribution in [0.1, 0.15) is 28.9 Å². The Balaban J connectivity index is 1.99. The van der Waals surface area contributed by atoms with E-state index in [0.29, 0.717) is 12.1 Å². The van der Waals surface area contributed by atoms with Gasteiger partial charge in [-0.15, -0.1) is 6.58 Å². The van der Waals surface area contributed by atoms with Gasteiger partial charge in [-0.3, -0.25) is 9.48 Å². The molecule has 0 fully saturated rings. The van der Waals surface area contributed by atoms with Gasteiger partial charge in [-0.1, -0.05) is 6.08 Å². The first-order valence-electron chi connectivity index (χ1n) is 6.84. The van der Waals surface area contributed by atoms with Crippen molar-refractivity contribution in [2.75, 3.05) is 11.9 Å². The highest BCUT2D eigenvalue weighted by Crippen LogP contribution is 2.18. The molecule has 21 heavy (non-hydrogen) atoms. The Kier molecular flexibility index (Phi) is 4.77. The lowest BCUT2D eigenvalue weighted by molar-refractivity contribution is 0.0958. The molecular weight excluding hydrogens is 264 g/mol. The molecule has 0 bridgehead atoms. The molecule has 1 heterocycles. The summed E-state index contributed by atoms with van der Waals surface area (Å²) in [4.78, 5) is 11.8. The number of aryl methyl sites for hydroxylation is 1.